The number of thiazole rings is 1. The summed E-state index contributed by atoms with van der Waals surface area (Å²) in [5.74, 6) is -0.422. The molecule has 1 aromatic carbocycles. The molecule has 0 radical (unpaired) electrons. The second-order valence-corrected chi connectivity index (χ2v) is 11.7. The lowest BCUT2D eigenvalue weighted by Crippen LogP contribution is -2.41. The standard InChI is InChI=1S/C29H36ClN3O3S/c1-3-7-24(34)15-21(16-28-33-25-12-10-22(30)17-27(25)37-28)29(36)32-23(11-13-26(35)19(2)18-31)14-20-8-5-4-6-9-20/h10,12,17,20-21,23H,2-9,11,13-16H2,1H3,(H,32,36)/t21-,23+/m0/s1. The minimum atomic E-state index is -0.534. The molecule has 0 spiro atoms. The lowest BCUT2D eigenvalue weighted by atomic mass is 9.83. The molecule has 1 amide bonds. The van der Waals surface area contributed by atoms with E-state index < -0.39 is 5.92 Å². The lowest BCUT2D eigenvalue weighted by Gasteiger charge is -2.28. The van der Waals surface area contributed by atoms with E-state index in [1.807, 2.05) is 25.1 Å². The van der Waals surface area contributed by atoms with Gasteiger partial charge in [-0.25, -0.2) is 4.98 Å². The van der Waals surface area contributed by atoms with Crippen molar-refractivity contribution in [1.82, 2.24) is 10.3 Å². The number of hydrogen-bond donors (Lipinski definition) is 1. The highest BCUT2D eigenvalue weighted by atomic mass is 35.5. The maximum atomic E-state index is 13.6. The summed E-state index contributed by atoms with van der Waals surface area (Å²) < 4.78 is 0.952. The molecule has 3 rings (SSSR count). The molecule has 1 saturated carbocycles. The minimum Gasteiger partial charge on any atom is -0.353 e. The fourth-order valence-corrected chi connectivity index (χ4v) is 6.39. The summed E-state index contributed by atoms with van der Waals surface area (Å²) in [6, 6.07) is 7.15. The molecule has 0 aliphatic heterocycles. The highest BCUT2D eigenvalue weighted by molar-refractivity contribution is 7.18. The van der Waals surface area contributed by atoms with Crippen LogP contribution in [0.15, 0.2) is 30.4 Å². The average Bonchev–Trinajstić information content (AvgIpc) is 3.28. The molecule has 0 saturated heterocycles. The van der Waals surface area contributed by atoms with Gasteiger partial charge in [-0.3, -0.25) is 14.4 Å². The molecular formula is C29H36ClN3O3S. The van der Waals surface area contributed by atoms with E-state index in [1.54, 1.807) is 6.07 Å². The van der Waals surface area contributed by atoms with E-state index in [-0.39, 0.29) is 41.9 Å². The fraction of sp³-hybridized carbons (Fsp3) is 0.552. The van der Waals surface area contributed by atoms with Crippen LogP contribution in [0.25, 0.3) is 10.2 Å². The number of Topliss-reactive ketones (excluding diaryl/α,β-unsaturated/α-hetero) is 2. The summed E-state index contributed by atoms with van der Waals surface area (Å²) in [5.41, 5.74) is 0.775. The average molecular weight is 542 g/mol. The zero-order valence-corrected chi connectivity index (χ0v) is 23.1. The SMILES string of the molecule is C=C(C#N)C(=O)CC[C@H](CC1CCCCC1)NC(=O)[C@@H](CC(=O)CCC)Cc1nc2ccc(Cl)cc2s1. The van der Waals surface area contributed by atoms with Gasteiger partial charge in [-0.2, -0.15) is 5.26 Å². The topological polar surface area (TPSA) is 99.9 Å². The number of nitriles is 1. The second-order valence-electron chi connectivity index (χ2n) is 10.1. The first-order valence-corrected chi connectivity index (χ1v) is 14.5. The van der Waals surface area contributed by atoms with E-state index in [4.69, 9.17) is 16.9 Å². The molecule has 37 heavy (non-hydrogen) atoms. The van der Waals surface area contributed by atoms with Crippen LogP contribution in [-0.2, 0) is 20.8 Å². The molecule has 1 aromatic heterocycles. The predicted molar refractivity (Wildman–Crippen MR) is 148 cm³/mol. The van der Waals surface area contributed by atoms with Gasteiger partial charge in [-0.05, 0) is 43.4 Å². The van der Waals surface area contributed by atoms with Gasteiger partial charge in [0.15, 0.2) is 5.78 Å². The Kier molecular flexibility index (Phi) is 11.3. The first-order valence-electron chi connectivity index (χ1n) is 13.3. The summed E-state index contributed by atoms with van der Waals surface area (Å²) in [6.07, 6.45) is 8.99. The Balaban J connectivity index is 1.75. The van der Waals surface area contributed by atoms with Gasteiger partial charge in [0.25, 0.3) is 0 Å². The number of aromatic nitrogens is 1. The minimum absolute atomic E-state index is 0.0540. The van der Waals surface area contributed by atoms with Crippen LogP contribution >= 0.6 is 22.9 Å². The molecule has 1 aliphatic rings. The third-order valence-electron chi connectivity index (χ3n) is 7.07. The Bertz CT molecular complexity index is 1160. The van der Waals surface area contributed by atoms with Gasteiger partial charge in [0.2, 0.25) is 5.91 Å². The van der Waals surface area contributed by atoms with Crippen molar-refractivity contribution in [3.8, 4) is 6.07 Å². The summed E-state index contributed by atoms with van der Waals surface area (Å²) >= 11 is 7.62. The van der Waals surface area contributed by atoms with Crippen LogP contribution < -0.4 is 5.32 Å². The number of carbonyl (C=O) groups is 3. The van der Waals surface area contributed by atoms with Crippen molar-refractivity contribution in [2.24, 2.45) is 11.8 Å². The number of halogens is 1. The number of allylic oxidation sites excluding steroid dienone is 1. The van der Waals surface area contributed by atoms with Gasteiger partial charge in [0.1, 0.15) is 11.9 Å². The summed E-state index contributed by atoms with van der Waals surface area (Å²) in [4.78, 5) is 43.1. The zero-order valence-electron chi connectivity index (χ0n) is 21.6. The largest absolute Gasteiger partial charge is 0.353 e. The Morgan fingerprint density at radius 1 is 1.24 bits per heavy atom. The maximum Gasteiger partial charge on any atom is 0.224 e. The van der Waals surface area contributed by atoms with Crippen LogP contribution in [0.3, 0.4) is 0 Å². The van der Waals surface area contributed by atoms with Crippen LogP contribution in [-0.4, -0.2) is 28.5 Å². The highest BCUT2D eigenvalue weighted by Crippen LogP contribution is 2.30. The molecule has 1 N–H and O–H groups in total. The number of amides is 1. The van der Waals surface area contributed by atoms with Crippen molar-refractivity contribution >= 4 is 50.6 Å². The molecular weight excluding hydrogens is 506 g/mol. The zero-order chi connectivity index (χ0) is 26.8. The highest BCUT2D eigenvalue weighted by Gasteiger charge is 2.28. The first-order chi connectivity index (χ1) is 17.8. The number of benzene rings is 1. The molecule has 2 aromatic rings. The van der Waals surface area contributed by atoms with Crippen LogP contribution in [0, 0.1) is 23.2 Å². The van der Waals surface area contributed by atoms with E-state index in [0.717, 1.165) is 40.9 Å². The van der Waals surface area contributed by atoms with E-state index in [0.29, 0.717) is 30.2 Å². The van der Waals surface area contributed by atoms with E-state index in [1.165, 1.54) is 30.6 Å². The Morgan fingerprint density at radius 3 is 2.70 bits per heavy atom. The molecule has 198 valence electrons. The van der Waals surface area contributed by atoms with Crippen molar-refractivity contribution in [2.75, 3.05) is 0 Å². The van der Waals surface area contributed by atoms with E-state index in [9.17, 15) is 14.4 Å². The van der Waals surface area contributed by atoms with Crippen molar-refractivity contribution in [3.05, 3.63) is 40.4 Å². The Morgan fingerprint density at radius 2 is 2.00 bits per heavy atom. The number of carbonyl (C=O) groups excluding carboxylic acids is 3. The number of rotatable bonds is 14. The summed E-state index contributed by atoms with van der Waals surface area (Å²) in [7, 11) is 0. The van der Waals surface area contributed by atoms with Gasteiger partial charge < -0.3 is 5.32 Å². The fourth-order valence-electron chi connectivity index (χ4n) is 5.07. The second kappa shape index (κ2) is 14.4. The normalized spacial score (nSPS) is 15.6. The number of ketones is 2. The van der Waals surface area contributed by atoms with Crippen molar-refractivity contribution in [3.63, 3.8) is 0 Å². The smallest absolute Gasteiger partial charge is 0.224 e. The quantitative estimate of drug-likeness (QED) is 0.210. The van der Waals surface area contributed by atoms with Gasteiger partial charge in [0.05, 0.1) is 26.7 Å². The maximum absolute atomic E-state index is 13.6. The van der Waals surface area contributed by atoms with Gasteiger partial charge in [-0.1, -0.05) is 57.2 Å². The third-order valence-corrected chi connectivity index (χ3v) is 8.35. The molecule has 2 atom stereocenters. The Labute approximate surface area is 228 Å². The van der Waals surface area contributed by atoms with Crippen molar-refractivity contribution in [1.29, 1.82) is 5.26 Å². The molecule has 0 unspecified atom stereocenters. The predicted octanol–water partition coefficient (Wildman–Crippen LogP) is 6.75. The van der Waals surface area contributed by atoms with Gasteiger partial charge in [0, 0.05) is 36.7 Å². The van der Waals surface area contributed by atoms with Crippen molar-refractivity contribution < 1.29 is 14.4 Å². The molecule has 1 fully saturated rings. The van der Waals surface area contributed by atoms with Crippen LogP contribution in [0.5, 0.6) is 0 Å². The van der Waals surface area contributed by atoms with E-state index >= 15 is 0 Å². The number of hydrogen-bond acceptors (Lipinski definition) is 6. The third kappa shape index (κ3) is 9.05. The lowest BCUT2D eigenvalue weighted by molar-refractivity contribution is -0.130. The number of nitrogens with zero attached hydrogens (tertiary/aromatic N) is 2. The van der Waals surface area contributed by atoms with Crippen LogP contribution in [0.2, 0.25) is 5.02 Å². The number of fused-ring (bicyclic) bond motifs is 1. The summed E-state index contributed by atoms with van der Waals surface area (Å²) in [5, 5.41) is 13.6. The van der Waals surface area contributed by atoms with Crippen LogP contribution in [0.1, 0.15) is 82.6 Å². The molecule has 6 nitrogen and oxygen atoms in total. The van der Waals surface area contributed by atoms with Crippen molar-refractivity contribution in [2.45, 2.75) is 90.0 Å². The molecule has 0 bridgehead atoms. The van der Waals surface area contributed by atoms with Crippen LogP contribution in [0.4, 0.5) is 0 Å². The summed E-state index contributed by atoms with van der Waals surface area (Å²) in [6.45, 7) is 5.48. The first kappa shape index (κ1) is 29.0. The molecule has 1 aliphatic carbocycles. The Hall–Kier alpha value is -2.56. The van der Waals surface area contributed by atoms with Gasteiger partial charge in [-0.15, -0.1) is 11.3 Å². The molecule has 8 heteroatoms. The van der Waals surface area contributed by atoms with E-state index in [2.05, 4.69) is 16.9 Å². The van der Waals surface area contributed by atoms with Gasteiger partial charge >= 0.3 is 0 Å². The number of nitrogens with one attached hydrogen (secondary N) is 1. The molecule has 1 heterocycles. The monoisotopic (exact) mass is 541 g/mol.